The van der Waals surface area contributed by atoms with Crippen LogP contribution in [-0.2, 0) is 17.1 Å². The number of rotatable bonds is 5. The number of aryl methyl sites for hydroxylation is 1. The van der Waals surface area contributed by atoms with Crippen LogP contribution in [0.15, 0.2) is 29.3 Å². The summed E-state index contributed by atoms with van der Waals surface area (Å²) in [6.45, 7) is 1.04. The van der Waals surface area contributed by atoms with Gasteiger partial charge in [-0.3, -0.25) is 0 Å². The van der Waals surface area contributed by atoms with Crippen molar-refractivity contribution in [3.63, 3.8) is 0 Å². The number of halogens is 3. The van der Waals surface area contributed by atoms with Crippen LogP contribution in [0, 0.1) is 5.82 Å². The number of aliphatic hydroxyl groups excluding tert-OH is 2. The van der Waals surface area contributed by atoms with Gasteiger partial charge in [-0.15, -0.1) is 0 Å². The molecule has 1 aromatic carbocycles. The molecular weight excluding hydrogens is 415 g/mol. The largest absolute Gasteiger partial charge is 0.485 e. The third-order valence-electron chi connectivity index (χ3n) is 4.60. The van der Waals surface area contributed by atoms with E-state index in [4.69, 9.17) is 4.74 Å². The van der Waals surface area contributed by atoms with E-state index in [1.54, 1.807) is 6.92 Å². The maximum atomic E-state index is 13.5. The molecular formula is C17H20F3N3O5S. The maximum Gasteiger partial charge on any atom is 0.266 e. The maximum absolute atomic E-state index is 13.5. The lowest BCUT2D eigenvalue weighted by molar-refractivity contribution is 0.128. The standard InChI is InChI=1S/C17H20F3N3O5S/c1-8-12(7-24)22-29(26,27)13-6-23(2)14(15(13)28-8)17(25)21-9-3-4-11(18)10(5-9)16(19)20/h3-6,8,12,16-17,21-22,24-25H,7H2,1-2H3/t8-,12+,17?/m0/s1. The topological polar surface area (TPSA) is 113 Å². The van der Waals surface area contributed by atoms with Crippen molar-refractivity contribution in [1.82, 2.24) is 9.29 Å². The van der Waals surface area contributed by atoms with Crippen molar-refractivity contribution in [3.8, 4) is 5.75 Å². The molecule has 1 unspecified atom stereocenters. The summed E-state index contributed by atoms with van der Waals surface area (Å²) in [5, 5.41) is 22.5. The average Bonchev–Trinajstić information content (AvgIpc) is 2.93. The fourth-order valence-corrected chi connectivity index (χ4v) is 4.54. The summed E-state index contributed by atoms with van der Waals surface area (Å²) >= 11 is 0. The first-order valence-corrected chi connectivity index (χ1v) is 10.0. The van der Waals surface area contributed by atoms with Crippen molar-refractivity contribution in [3.05, 3.63) is 41.5 Å². The van der Waals surface area contributed by atoms with Crippen LogP contribution < -0.4 is 14.8 Å². The number of aromatic nitrogens is 1. The first-order chi connectivity index (χ1) is 13.5. The van der Waals surface area contributed by atoms with Gasteiger partial charge in [0.25, 0.3) is 6.43 Å². The fraction of sp³-hybridized carbons (Fsp3) is 0.412. The van der Waals surface area contributed by atoms with E-state index in [1.807, 2.05) is 0 Å². The molecule has 160 valence electrons. The second-order valence-electron chi connectivity index (χ2n) is 6.64. The van der Waals surface area contributed by atoms with E-state index in [0.717, 1.165) is 18.2 Å². The third kappa shape index (κ3) is 4.06. The van der Waals surface area contributed by atoms with Crippen LogP contribution in [0.5, 0.6) is 5.75 Å². The van der Waals surface area contributed by atoms with Crippen LogP contribution in [0.4, 0.5) is 18.9 Å². The van der Waals surface area contributed by atoms with E-state index in [0.29, 0.717) is 0 Å². The monoisotopic (exact) mass is 435 g/mol. The number of benzene rings is 1. The molecule has 1 aromatic heterocycles. The Morgan fingerprint density at radius 3 is 2.69 bits per heavy atom. The van der Waals surface area contributed by atoms with Crippen molar-refractivity contribution < 1.29 is 36.5 Å². The lowest BCUT2D eigenvalue weighted by Gasteiger charge is -2.22. The molecule has 1 aliphatic rings. The summed E-state index contributed by atoms with van der Waals surface area (Å²) in [5.41, 5.74) is -0.825. The number of anilines is 1. The van der Waals surface area contributed by atoms with Crippen LogP contribution in [-0.4, -0.2) is 42.0 Å². The molecule has 12 heteroatoms. The van der Waals surface area contributed by atoms with Crippen molar-refractivity contribution in [2.24, 2.45) is 7.05 Å². The van der Waals surface area contributed by atoms with Crippen LogP contribution in [0.1, 0.15) is 30.8 Å². The van der Waals surface area contributed by atoms with Gasteiger partial charge in [-0.1, -0.05) is 0 Å². The molecule has 8 nitrogen and oxygen atoms in total. The highest BCUT2D eigenvalue weighted by Crippen LogP contribution is 2.37. The number of sulfonamides is 1. The van der Waals surface area contributed by atoms with Gasteiger partial charge >= 0.3 is 0 Å². The van der Waals surface area contributed by atoms with Crippen molar-refractivity contribution in [2.75, 3.05) is 11.9 Å². The molecule has 0 radical (unpaired) electrons. The molecule has 2 heterocycles. The number of aliphatic hydroxyl groups is 2. The Morgan fingerprint density at radius 1 is 1.38 bits per heavy atom. The zero-order valence-corrected chi connectivity index (χ0v) is 16.3. The van der Waals surface area contributed by atoms with E-state index in [1.165, 1.54) is 17.8 Å². The lowest BCUT2D eigenvalue weighted by Crippen LogP contribution is -2.44. The highest BCUT2D eigenvalue weighted by atomic mass is 32.2. The molecule has 3 atom stereocenters. The highest BCUT2D eigenvalue weighted by molar-refractivity contribution is 7.89. The molecule has 2 aromatic rings. The number of nitrogens with one attached hydrogen (secondary N) is 2. The minimum Gasteiger partial charge on any atom is -0.485 e. The van der Waals surface area contributed by atoms with E-state index in [2.05, 4.69) is 10.0 Å². The number of hydrogen-bond donors (Lipinski definition) is 4. The zero-order chi connectivity index (χ0) is 21.5. The Kier molecular flexibility index (Phi) is 5.81. The molecule has 3 rings (SSSR count). The van der Waals surface area contributed by atoms with Gasteiger partial charge in [-0.25, -0.2) is 26.3 Å². The predicted molar refractivity (Wildman–Crippen MR) is 96.6 cm³/mol. The van der Waals surface area contributed by atoms with Gasteiger partial charge in [0.1, 0.15) is 22.5 Å². The molecule has 29 heavy (non-hydrogen) atoms. The Morgan fingerprint density at radius 2 is 2.07 bits per heavy atom. The summed E-state index contributed by atoms with van der Waals surface area (Å²) in [6.07, 6.45) is -4.15. The van der Waals surface area contributed by atoms with E-state index >= 15 is 0 Å². The Balaban J connectivity index is 1.99. The van der Waals surface area contributed by atoms with Gasteiger partial charge in [0.2, 0.25) is 10.0 Å². The first kappa shape index (κ1) is 21.4. The normalized spacial score (nSPS) is 21.9. The van der Waals surface area contributed by atoms with Gasteiger partial charge in [0, 0.05) is 18.9 Å². The summed E-state index contributed by atoms with van der Waals surface area (Å²) < 4.78 is 73.7. The highest BCUT2D eigenvalue weighted by Gasteiger charge is 2.37. The van der Waals surface area contributed by atoms with Gasteiger partial charge < -0.3 is 24.8 Å². The second kappa shape index (κ2) is 7.86. The minimum atomic E-state index is -4.05. The zero-order valence-electron chi connectivity index (χ0n) is 15.4. The predicted octanol–water partition coefficient (Wildman–Crippen LogP) is 1.62. The minimum absolute atomic E-state index is 0.0000345. The van der Waals surface area contributed by atoms with Crippen LogP contribution in [0.25, 0.3) is 0 Å². The smallest absolute Gasteiger partial charge is 0.266 e. The molecule has 0 spiro atoms. The summed E-state index contributed by atoms with van der Waals surface area (Å²) in [4.78, 5) is -0.244. The summed E-state index contributed by atoms with van der Waals surface area (Å²) in [5.74, 6) is -1.23. The van der Waals surface area contributed by atoms with Crippen LogP contribution >= 0.6 is 0 Å². The summed E-state index contributed by atoms with van der Waals surface area (Å²) in [6, 6.07) is 1.95. The average molecular weight is 435 g/mol. The van der Waals surface area contributed by atoms with Crippen LogP contribution in [0.2, 0.25) is 0 Å². The van der Waals surface area contributed by atoms with E-state index in [9.17, 15) is 31.8 Å². The molecule has 0 bridgehead atoms. The molecule has 0 fully saturated rings. The molecule has 0 saturated heterocycles. The molecule has 4 N–H and O–H groups in total. The quantitative estimate of drug-likeness (QED) is 0.531. The van der Waals surface area contributed by atoms with Crippen molar-refractivity contribution in [2.45, 2.75) is 36.6 Å². The second-order valence-corrected chi connectivity index (χ2v) is 8.32. The number of hydrogen-bond acceptors (Lipinski definition) is 6. The molecule has 0 amide bonds. The number of fused-ring (bicyclic) bond motifs is 1. The van der Waals surface area contributed by atoms with E-state index < -0.39 is 52.8 Å². The molecule has 1 aliphatic heterocycles. The molecule has 0 aliphatic carbocycles. The van der Waals surface area contributed by atoms with Crippen molar-refractivity contribution in [1.29, 1.82) is 0 Å². The Bertz CT molecular complexity index is 1010. The van der Waals surface area contributed by atoms with Gasteiger partial charge in [-0.05, 0) is 25.1 Å². The number of ether oxygens (including phenoxy) is 1. The first-order valence-electron chi connectivity index (χ1n) is 8.56. The van der Waals surface area contributed by atoms with Gasteiger partial charge in [0.05, 0.1) is 18.2 Å². The molecule has 0 saturated carbocycles. The van der Waals surface area contributed by atoms with Crippen LogP contribution in [0.3, 0.4) is 0 Å². The Labute approximate surface area is 165 Å². The Hall–Kier alpha value is -2.28. The third-order valence-corrected chi connectivity index (χ3v) is 6.09. The number of nitrogens with zero attached hydrogens (tertiary/aromatic N) is 1. The lowest BCUT2D eigenvalue weighted by atomic mass is 10.2. The van der Waals surface area contributed by atoms with Gasteiger partial charge in [-0.2, -0.15) is 0 Å². The SMILES string of the molecule is C[C@@H]1Oc2c(cn(C)c2C(O)Nc2ccc(F)c(C(F)F)c2)S(=O)(=O)N[C@@H]1CO. The van der Waals surface area contributed by atoms with Crippen molar-refractivity contribution >= 4 is 15.7 Å². The summed E-state index contributed by atoms with van der Waals surface area (Å²) in [7, 11) is -2.58. The number of alkyl halides is 2. The fourth-order valence-electron chi connectivity index (χ4n) is 3.06. The van der Waals surface area contributed by atoms with Gasteiger partial charge in [0.15, 0.2) is 12.0 Å². The van der Waals surface area contributed by atoms with E-state index in [-0.39, 0.29) is 22.0 Å².